The third-order valence-electron chi connectivity index (χ3n) is 4.05. The zero-order chi connectivity index (χ0) is 16.8. The Bertz CT molecular complexity index is 809. The molecule has 3 nitrogen and oxygen atoms in total. The Hall–Kier alpha value is -2.81. The minimum atomic E-state index is -0.112. The summed E-state index contributed by atoms with van der Waals surface area (Å²) in [4.78, 5) is 12.3. The molecule has 1 atom stereocenters. The van der Waals surface area contributed by atoms with Crippen molar-refractivity contribution in [3.8, 4) is 5.75 Å². The average Bonchev–Trinajstić information content (AvgIpc) is 2.65. The van der Waals surface area contributed by atoms with Gasteiger partial charge in [-0.2, -0.15) is 0 Å². The number of benzene rings is 3. The van der Waals surface area contributed by atoms with Crippen molar-refractivity contribution < 1.29 is 9.53 Å². The van der Waals surface area contributed by atoms with E-state index in [2.05, 4.69) is 12.2 Å². The van der Waals surface area contributed by atoms with Crippen LogP contribution < -0.4 is 10.1 Å². The number of fused-ring (bicyclic) bond motifs is 1. The van der Waals surface area contributed by atoms with Gasteiger partial charge in [-0.05, 0) is 23.4 Å². The van der Waals surface area contributed by atoms with Gasteiger partial charge in [0.15, 0.2) is 6.61 Å². The van der Waals surface area contributed by atoms with E-state index in [-0.39, 0.29) is 18.6 Å². The number of hydrogen-bond acceptors (Lipinski definition) is 2. The number of amides is 1. The van der Waals surface area contributed by atoms with Crippen molar-refractivity contribution in [2.24, 2.45) is 0 Å². The minimum absolute atomic E-state index is 0.00909. The van der Waals surface area contributed by atoms with Gasteiger partial charge >= 0.3 is 0 Å². The quantitative estimate of drug-likeness (QED) is 0.727. The molecule has 1 N–H and O–H groups in total. The first-order valence-corrected chi connectivity index (χ1v) is 8.23. The van der Waals surface area contributed by atoms with Gasteiger partial charge in [0.1, 0.15) is 5.75 Å². The van der Waals surface area contributed by atoms with Crippen molar-refractivity contribution in [2.45, 2.75) is 19.4 Å². The number of carbonyl (C=O) groups excluding carboxylic acids is 1. The van der Waals surface area contributed by atoms with Crippen LogP contribution in [0.15, 0.2) is 72.8 Å². The van der Waals surface area contributed by atoms with E-state index in [0.29, 0.717) is 0 Å². The van der Waals surface area contributed by atoms with E-state index < -0.39 is 0 Å². The summed E-state index contributed by atoms with van der Waals surface area (Å²) in [5.74, 6) is 0.620. The summed E-state index contributed by atoms with van der Waals surface area (Å²) in [6, 6.07) is 23.9. The van der Waals surface area contributed by atoms with Crippen LogP contribution in [0.25, 0.3) is 10.8 Å². The first-order chi connectivity index (χ1) is 11.8. The van der Waals surface area contributed by atoms with Crippen molar-refractivity contribution in [1.82, 2.24) is 5.32 Å². The molecule has 0 bridgehead atoms. The van der Waals surface area contributed by atoms with E-state index in [1.165, 1.54) is 0 Å². The van der Waals surface area contributed by atoms with Crippen LogP contribution in [0.2, 0.25) is 0 Å². The zero-order valence-electron chi connectivity index (χ0n) is 13.7. The molecule has 0 heterocycles. The van der Waals surface area contributed by atoms with Gasteiger partial charge in [0, 0.05) is 5.39 Å². The fraction of sp³-hybridized carbons (Fsp3) is 0.190. The summed E-state index contributed by atoms with van der Waals surface area (Å²) in [5, 5.41) is 5.16. The van der Waals surface area contributed by atoms with E-state index in [9.17, 15) is 4.79 Å². The first-order valence-electron chi connectivity index (χ1n) is 8.23. The molecule has 3 aromatic rings. The molecule has 1 amide bonds. The highest BCUT2D eigenvalue weighted by molar-refractivity contribution is 5.88. The maximum Gasteiger partial charge on any atom is 0.258 e. The van der Waals surface area contributed by atoms with Crippen molar-refractivity contribution >= 4 is 16.7 Å². The SMILES string of the molecule is CC[C@H](NC(=O)COc1cccc2ccccc12)c1ccccc1. The standard InChI is InChI=1S/C21H21NO2/c1-2-19(17-10-4-3-5-11-17)22-21(23)15-24-20-14-8-12-16-9-6-7-13-18(16)20/h3-14,19H,2,15H2,1H3,(H,22,23)/t19-/m0/s1. The smallest absolute Gasteiger partial charge is 0.258 e. The molecule has 0 saturated heterocycles. The van der Waals surface area contributed by atoms with Crippen LogP contribution in [0.1, 0.15) is 24.9 Å². The predicted octanol–water partition coefficient (Wildman–Crippen LogP) is 4.49. The molecule has 24 heavy (non-hydrogen) atoms. The van der Waals surface area contributed by atoms with Gasteiger partial charge < -0.3 is 10.1 Å². The summed E-state index contributed by atoms with van der Waals surface area (Å²) in [6.07, 6.45) is 0.837. The molecule has 0 aliphatic rings. The number of hydrogen-bond donors (Lipinski definition) is 1. The van der Waals surface area contributed by atoms with Crippen LogP contribution in [-0.2, 0) is 4.79 Å². The maximum atomic E-state index is 12.3. The number of ether oxygens (including phenoxy) is 1. The van der Waals surface area contributed by atoms with Gasteiger partial charge in [0.05, 0.1) is 6.04 Å². The van der Waals surface area contributed by atoms with Crippen LogP contribution in [-0.4, -0.2) is 12.5 Å². The van der Waals surface area contributed by atoms with Gasteiger partial charge in [0.25, 0.3) is 5.91 Å². The Morgan fingerprint density at radius 1 is 0.958 bits per heavy atom. The van der Waals surface area contributed by atoms with Crippen molar-refractivity contribution in [3.05, 3.63) is 78.4 Å². The topological polar surface area (TPSA) is 38.3 Å². The van der Waals surface area contributed by atoms with E-state index in [4.69, 9.17) is 4.74 Å². The van der Waals surface area contributed by atoms with Crippen molar-refractivity contribution in [2.75, 3.05) is 6.61 Å². The molecule has 3 rings (SSSR count). The molecule has 0 aromatic heterocycles. The molecule has 122 valence electrons. The van der Waals surface area contributed by atoms with Gasteiger partial charge in [-0.1, -0.05) is 73.7 Å². The zero-order valence-corrected chi connectivity index (χ0v) is 13.7. The third kappa shape index (κ3) is 3.74. The Morgan fingerprint density at radius 2 is 1.67 bits per heavy atom. The Kier molecular flexibility index (Phi) is 5.12. The minimum Gasteiger partial charge on any atom is -0.483 e. The molecule has 0 radical (unpaired) electrons. The normalized spacial score (nSPS) is 11.9. The lowest BCUT2D eigenvalue weighted by Crippen LogP contribution is -2.32. The largest absolute Gasteiger partial charge is 0.483 e. The molecular formula is C21H21NO2. The predicted molar refractivity (Wildman–Crippen MR) is 97.1 cm³/mol. The Labute approximate surface area is 142 Å². The molecule has 0 fully saturated rings. The fourth-order valence-corrected chi connectivity index (χ4v) is 2.81. The second-order valence-electron chi connectivity index (χ2n) is 5.70. The maximum absolute atomic E-state index is 12.3. The lowest BCUT2D eigenvalue weighted by molar-refractivity contribution is -0.123. The van der Waals surface area contributed by atoms with Gasteiger partial charge in [-0.3, -0.25) is 4.79 Å². The lowest BCUT2D eigenvalue weighted by atomic mass is 10.0. The van der Waals surface area contributed by atoms with E-state index in [1.807, 2.05) is 72.8 Å². The number of carbonyl (C=O) groups is 1. The van der Waals surface area contributed by atoms with Gasteiger partial charge in [0.2, 0.25) is 0 Å². The highest BCUT2D eigenvalue weighted by Gasteiger charge is 2.13. The third-order valence-corrected chi connectivity index (χ3v) is 4.05. The molecule has 3 aromatic carbocycles. The van der Waals surface area contributed by atoms with E-state index >= 15 is 0 Å². The molecular weight excluding hydrogens is 298 g/mol. The summed E-state index contributed by atoms with van der Waals surface area (Å²) in [6.45, 7) is 2.07. The fourth-order valence-electron chi connectivity index (χ4n) is 2.81. The molecule has 0 aliphatic heterocycles. The second-order valence-corrected chi connectivity index (χ2v) is 5.70. The molecule has 0 saturated carbocycles. The highest BCUT2D eigenvalue weighted by atomic mass is 16.5. The monoisotopic (exact) mass is 319 g/mol. The van der Waals surface area contributed by atoms with Crippen LogP contribution in [0.4, 0.5) is 0 Å². The number of nitrogens with one attached hydrogen (secondary N) is 1. The summed E-state index contributed by atoms with van der Waals surface area (Å²) in [5.41, 5.74) is 1.11. The van der Waals surface area contributed by atoms with Crippen LogP contribution in [0, 0.1) is 0 Å². The van der Waals surface area contributed by atoms with Crippen LogP contribution >= 0.6 is 0 Å². The second kappa shape index (κ2) is 7.64. The number of rotatable bonds is 6. The van der Waals surface area contributed by atoms with Crippen LogP contribution in [0.3, 0.4) is 0 Å². The molecule has 3 heteroatoms. The van der Waals surface area contributed by atoms with Gasteiger partial charge in [-0.25, -0.2) is 0 Å². The summed E-state index contributed by atoms with van der Waals surface area (Å²) < 4.78 is 5.75. The van der Waals surface area contributed by atoms with E-state index in [1.54, 1.807) is 0 Å². The molecule has 0 aliphatic carbocycles. The lowest BCUT2D eigenvalue weighted by Gasteiger charge is -2.18. The van der Waals surface area contributed by atoms with Crippen LogP contribution in [0.5, 0.6) is 5.75 Å². The highest BCUT2D eigenvalue weighted by Crippen LogP contribution is 2.25. The summed E-state index contributed by atoms with van der Waals surface area (Å²) >= 11 is 0. The average molecular weight is 319 g/mol. The van der Waals surface area contributed by atoms with E-state index in [0.717, 1.165) is 28.5 Å². The van der Waals surface area contributed by atoms with Gasteiger partial charge in [-0.15, -0.1) is 0 Å². The van der Waals surface area contributed by atoms with Crippen molar-refractivity contribution in [1.29, 1.82) is 0 Å². The first kappa shape index (κ1) is 16.1. The molecule has 0 spiro atoms. The Morgan fingerprint density at radius 3 is 2.46 bits per heavy atom. The Balaban J connectivity index is 1.64. The summed E-state index contributed by atoms with van der Waals surface area (Å²) in [7, 11) is 0. The van der Waals surface area contributed by atoms with Crippen molar-refractivity contribution in [3.63, 3.8) is 0 Å². The molecule has 0 unspecified atom stereocenters.